The number of urea groups is 1. The molecule has 144 valence electrons. The highest BCUT2D eigenvalue weighted by Gasteiger charge is 2.35. The average Bonchev–Trinajstić information content (AvgIpc) is 2.57. The summed E-state index contributed by atoms with van der Waals surface area (Å²) in [7, 11) is 0. The fourth-order valence-electron chi connectivity index (χ4n) is 3.22. The molecule has 0 aliphatic heterocycles. The Bertz CT molecular complexity index is 889. The molecule has 2 aromatic carbocycles. The minimum absolute atomic E-state index is 0.0379. The largest absolute Gasteiger partial charge is 0.417 e. The van der Waals surface area contributed by atoms with E-state index in [0.29, 0.717) is 11.1 Å². The van der Waals surface area contributed by atoms with Crippen molar-refractivity contribution in [3.8, 4) is 0 Å². The molecule has 0 saturated carbocycles. The number of anilines is 2. The molecule has 0 saturated heterocycles. The molecule has 4 N–H and O–H groups in total. The first-order valence-electron chi connectivity index (χ1n) is 8.02. The lowest BCUT2D eigenvalue weighted by Gasteiger charge is -2.31. The standard InChI is InChI=1S/C18H16ClF3N2O3/c19-13-5-4-10(7-12(13)18(20,21)22)24(17(23)27)14-3-1-2-9-6-15(25)16(26)8-11(9)14/h1-5,7,15-16,25-26H,6,8H2,(H2,23,27). The lowest BCUT2D eigenvalue weighted by atomic mass is 9.86. The molecular weight excluding hydrogens is 385 g/mol. The van der Waals surface area contributed by atoms with Crippen LogP contribution >= 0.6 is 11.6 Å². The second-order valence-corrected chi connectivity index (χ2v) is 6.70. The van der Waals surface area contributed by atoms with Gasteiger partial charge in [0.05, 0.1) is 34.2 Å². The molecule has 0 heterocycles. The van der Waals surface area contributed by atoms with Gasteiger partial charge in [-0.3, -0.25) is 4.90 Å². The molecule has 27 heavy (non-hydrogen) atoms. The number of primary amides is 1. The van der Waals surface area contributed by atoms with Crippen molar-refractivity contribution in [2.45, 2.75) is 31.2 Å². The fourth-order valence-corrected chi connectivity index (χ4v) is 3.44. The van der Waals surface area contributed by atoms with E-state index in [9.17, 15) is 28.2 Å². The van der Waals surface area contributed by atoms with Crippen molar-refractivity contribution >= 4 is 29.0 Å². The topological polar surface area (TPSA) is 86.8 Å². The van der Waals surface area contributed by atoms with Crippen molar-refractivity contribution in [1.82, 2.24) is 0 Å². The van der Waals surface area contributed by atoms with Crippen LogP contribution in [0.1, 0.15) is 16.7 Å². The molecule has 2 unspecified atom stereocenters. The van der Waals surface area contributed by atoms with Gasteiger partial charge in [-0.2, -0.15) is 13.2 Å². The van der Waals surface area contributed by atoms with E-state index in [2.05, 4.69) is 0 Å². The van der Waals surface area contributed by atoms with Gasteiger partial charge in [0.1, 0.15) is 0 Å². The van der Waals surface area contributed by atoms with E-state index >= 15 is 0 Å². The van der Waals surface area contributed by atoms with Gasteiger partial charge in [0.15, 0.2) is 0 Å². The van der Waals surface area contributed by atoms with E-state index < -0.39 is 35.0 Å². The Hall–Kier alpha value is -2.29. The Balaban J connectivity index is 2.15. The lowest BCUT2D eigenvalue weighted by Crippen LogP contribution is -2.37. The summed E-state index contributed by atoms with van der Waals surface area (Å²) in [6.45, 7) is 0. The van der Waals surface area contributed by atoms with Crippen molar-refractivity contribution in [1.29, 1.82) is 0 Å². The van der Waals surface area contributed by atoms with Crippen molar-refractivity contribution in [3.63, 3.8) is 0 Å². The highest BCUT2D eigenvalue weighted by Crippen LogP contribution is 2.40. The monoisotopic (exact) mass is 400 g/mol. The zero-order valence-electron chi connectivity index (χ0n) is 13.9. The van der Waals surface area contributed by atoms with Crippen molar-refractivity contribution in [3.05, 3.63) is 58.1 Å². The number of benzene rings is 2. The molecule has 1 aliphatic rings. The molecule has 0 radical (unpaired) electrons. The zero-order chi connectivity index (χ0) is 19.9. The number of rotatable bonds is 2. The van der Waals surface area contributed by atoms with Gasteiger partial charge in [-0.25, -0.2) is 4.79 Å². The molecule has 0 aromatic heterocycles. The molecule has 0 spiro atoms. The van der Waals surface area contributed by atoms with Gasteiger partial charge < -0.3 is 15.9 Å². The average molecular weight is 401 g/mol. The van der Waals surface area contributed by atoms with Crippen LogP contribution in [0.15, 0.2) is 36.4 Å². The number of hydrogen-bond acceptors (Lipinski definition) is 3. The van der Waals surface area contributed by atoms with Gasteiger partial charge >= 0.3 is 12.2 Å². The third-order valence-electron chi connectivity index (χ3n) is 4.51. The lowest BCUT2D eigenvalue weighted by molar-refractivity contribution is -0.137. The van der Waals surface area contributed by atoms with Crippen LogP contribution < -0.4 is 10.6 Å². The van der Waals surface area contributed by atoms with Gasteiger partial charge in [0, 0.05) is 12.8 Å². The van der Waals surface area contributed by atoms with Gasteiger partial charge in [0.2, 0.25) is 0 Å². The van der Waals surface area contributed by atoms with Gasteiger partial charge in [-0.15, -0.1) is 0 Å². The quantitative estimate of drug-likeness (QED) is 0.722. The van der Waals surface area contributed by atoms with E-state index in [1.165, 1.54) is 12.1 Å². The van der Waals surface area contributed by atoms with Crippen molar-refractivity contribution in [2.24, 2.45) is 5.73 Å². The molecule has 3 rings (SSSR count). The van der Waals surface area contributed by atoms with Crippen LogP contribution in [-0.2, 0) is 19.0 Å². The van der Waals surface area contributed by atoms with E-state index in [1.54, 1.807) is 12.1 Å². The van der Waals surface area contributed by atoms with Crippen molar-refractivity contribution < 1.29 is 28.2 Å². The number of aliphatic hydroxyl groups is 2. The molecule has 2 atom stereocenters. The highest BCUT2D eigenvalue weighted by atomic mass is 35.5. The van der Waals surface area contributed by atoms with E-state index in [0.717, 1.165) is 17.0 Å². The van der Waals surface area contributed by atoms with E-state index in [1.807, 2.05) is 0 Å². The summed E-state index contributed by atoms with van der Waals surface area (Å²) in [5, 5.41) is 19.3. The molecule has 0 fully saturated rings. The van der Waals surface area contributed by atoms with Crippen LogP contribution in [0.3, 0.4) is 0 Å². The number of nitrogens with zero attached hydrogens (tertiary/aromatic N) is 1. The summed E-state index contributed by atoms with van der Waals surface area (Å²) in [6.07, 6.45) is -6.51. The predicted molar refractivity (Wildman–Crippen MR) is 94.0 cm³/mol. The molecule has 2 amide bonds. The van der Waals surface area contributed by atoms with Gasteiger partial charge in [-0.1, -0.05) is 23.7 Å². The van der Waals surface area contributed by atoms with E-state index in [4.69, 9.17) is 17.3 Å². The third-order valence-corrected chi connectivity index (χ3v) is 4.84. The Morgan fingerprint density at radius 3 is 2.44 bits per heavy atom. The first-order chi connectivity index (χ1) is 12.6. The van der Waals surface area contributed by atoms with Gasteiger partial charge in [0.25, 0.3) is 0 Å². The minimum Gasteiger partial charge on any atom is -0.390 e. The first-order valence-corrected chi connectivity index (χ1v) is 8.40. The van der Waals surface area contributed by atoms with Crippen molar-refractivity contribution in [2.75, 3.05) is 4.90 Å². The summed E-state index contributed by atoms with van der Waals surface area (Å²) in [4.78, 5) is 13.0. The maximum atomic E-state index is 13.2. The SMILES string of the molecule is NC(=O)N(c1ccc(Cl)c(C(F)(F)F)c1)c1cccc2c1CC(O)C(O)C2. The summed E-state index contributed by atoms with van der Waals surface area (Å²) in [5.74, 6) is 0. The van der Waals surface area contributed by atoms with E-state index in [-0.39, 0.29) is 24.2 Å². The summed E-state index contributed by atoms with van der Waals surface area (Å²) in [6, 6.07) is 6.92. The van der Waals surface area contributed by atoms with Crippen LogP contribution in [-0.4, -0.2) is 28.5 Å². The predicted octanol–water partition coefficient (Wildman–Crippen LogP) is 3.40. The van der Waals surface area contributed by atoms with Crippen LogP contribution in [0.4, 0.5) is 29.3 Å². The summed E-state index contributed by atoms with van der Waals surface area (Å²) >= 11 is 5.65. The minimum atomic E-state index is -4.70. The molecule has 1 aliphatic carbocycles. The fraction of sp³-hybridized carbons (Fsp3) is 0.278. The third kappa shape index (κ3) is 3.73. The van der Waals surface area contributed by atoms with Crippen LogP contribution in [0.25, 0.3) is 0 Å². The Kier molecular flexibility index (Phi) is 5.07. The summed E-state index contributed by atoms with van der Waals surface area (Å²) in [5.41, 5.74) is 5.73. The number of fused-ring (bicyclic) bond motifs is 1. The maximum Gasteiger partial charge on any atom is 0.417 e. The van der Waals surface area contributed by atoms with Crippen LogP contribution in [0.5, 0.6) is 0 Å². The van der Waals surface area contributed by atoms with Crippen LogP contribution in [0.2, 0.25) is 5.02 Å². The molecule has 5 nitrogen and oxygen atoms in total. The molecule has 2 aromatic rings. The zero-order valence-corrected chi connectivity index (χ0v) is 14.6. The molecule has 9 heteroatoms. The smallest absolute Gasteiger partial charge is 0.390 e. The Morgan fingerprint density at radius 1 is 1.15 bits per heavy atom. The van der Waals surface area contributed by atoms with Crippen LogP contribution in [0, 0.1) is 0 Å². The van der Waals surface area contributed by atoms with Gasteiger partial charge in [-0.05, 0) is 35.4 Å². The number of aliphatic hydroxyl groups excluding tert-OH is 2. The molecule has 0 bridgehead atoms. The number of amides is 2. The normalized spacial score (nSPS) is 19.5. The second kappa shape index (κ2) is 7.03. The number of carbonyl (C=O) groups excluding carboxylic acids is 1. The number of hydrogen-bond donors (Lipinski definition) is 3. The number of alkyl halides is 3. The number of carbonyl (C=O) groups is 1. The first kappa shape index (κ1) is 19.5. The Morgan fingerprint density at radius 2 is 1.81 bits per heavy atom. The summed E-state index contributed by atoms with van der Waals surface area (Å²) < 4.78 is 39.5. The molecular formula is C18H16ClF3N2O3. The maximum absolute atomic E-state index is 13.2. The number of nitrogens with two attached hydrogens (primary N) is 1. The number of halogens is 4. The highest BCUT2D eigenvalue weighted by molar-refractivity contribution is 6.31. The second-order valence-electron chi connectivity index (χ2n) is 6.29. The Labute approximate surface area is 157 Å².